The van der Waals surface area contributed by atoms with Gasteiger partial charge in [-0.1, -0.05) is 44.2 Å². The Morgan fingerprint density at radius 3 is 2.24 bits per heavy atom. The minimum absolute atomic E-state index is 0. The minimum atomic E-state index is -0.0102. The van der Waals surface area contributed by atoms with Crippen molar-refractivity contribution in [3.05, 3.63) is 35.9 Å². The number of benzene rings is 1. The number of carbonyl (C=O) groups is 1. The summed E-state index contributed by atoms with van der Waals surface area (Å²) in [6.45, 7) is 8.70. The van der Waals surface area contributed by atoms with E-state index in [1.807, 2.05) is 6.07 Å². The largest absolute Gasteiger partial charge is 0.354 e. The third-order valence-corrected chi connectivity index (χ3v) is 4.31. The van der Waals surface area contributed by atoms with Gasteiger partial charge in [0.15, 0.2) is 5.96 Å². The lowest BCUT2D eigenvalue weighted by atomic mass is 9.94. The summed E-state index contributed by atoms with van der Waals surface area (Å²) in [5.41, 5.74) is 1.28. The molecule has 3 atom stereocenters. The molecule has 142 valence electrons. The number of halogens is 1. The van der Waals surface area contributed by atoms with Gasteiger partial charge in [-0.05, 0) is 25.8 Å². The van der Waals surface area contributed by atoms with Crippen LogP contribution in [0, 0.1) is 0 Å². The number of rotatable bonds is 7. The molecule has 0 bridgehead atoms. The van der Waals surface area contributed by atoms with Crippen LogP contribution in [0.15, 0.2) is 35.3 Å². The number of carbonyl (C=O) groups excluding carboxylic acids is 1. The first kappa shape index (κ1) is 23.7. The van der Waals surface area contributed by atoms with Gasteiger partial charge in [0, 0.05) is 32.1 Å². The van der Waals surface area contributed by atoms with Crippen molar-refractivity contribution in [2.24, 2.45) is 4.99 Å². The summed E-state index contributed by atoms with van der Waals surface area (Å²) in [4.78, 5) is 17.8. The smallest absolute Gasteiger partial charge is 0.243 e. The second kappa shape index (κ2) is 12.1. The third-order valence-electron chi connectivity index (χ3n) is 4.31. The fourth-order valence-corrected chi connectivity index (χ4v) is 2.14. The highest BCUT2D eigenvalue weighted by molar-refractivity contribution is 14.0. The van der Waals surface area contributed by atoms with Gasteiger partial charge in [0.05, 0.1) is 0 Å². The highest BCUT2D eigenvalue weighted by atomic mass is 127. The van der Waals surface area contributed by atoms with Crippen LogP contribution in [0.5, 0.6) is 0 Å². The van der Waals surface area contributed by atoms with Gasteiger partial charge in [0.1, 0.15) is 6.54 Å². The normalized spacial score (nSPS) is 14.7. The molecule has 0 spiro atoms. The van der Waals surface area contributed by atoms with Crippen molar-refractivity contribution in [1.29, 1.82) is 0 Å². The number of aliphatic imine (C=N–C) groups is 1. The lowest BCUT2D eigenvalue weighted by molar-refractivity contribution is -0.127. The molecule has 25 heavy (non-hydrogen) atoms. The molecule has 0 heterocycles. The molecule has 6 heteroatoms. The van der Waals surface area contributed by atoms with Crippen molar-refractivity contribution in [2.45, 2.75) is 52.1 Å². The zero-order valence-electron chi connectivity index (χ0n) is 16.2. The minimum Gasteiger partial charge on any atom is -0.354 e. The predicted octanol–water partition coefficient (Wildman–Crippen LogP) is 3.22. The van der Waals surface area contributed by atoms with Crippen LogP contribution in [-0.4, -0.2) is 49.5 Å². The van der Waals surface area contributed by atoms with Crippen molar-refractivity contribution in [3.8, 4) is 0 Å². The van der Waals surface area contributed by atoms with Gasteiger partial charge in [0.2, 0.25) is 5.91 Å². The number of guanidine groups is 1. The lowest BCUT2D eigenvalue weighted by Crippen LogP contribution is -2.47. The predicted molar refractivity (Wildman–Crippen MR) is 117 cm³/mol. The Morgan fingerprint density at radius 2 is 1.72 bits per heavy atom. The molecule has 0 aromatic heterocycles. The van der Waals surface area contributed by atoms with Crippen LogP contribution >= 0.6 is 24.0 Å². The molecule has 1 aromatic rings. The average molecular weight is 460 g/mol. The summed E-state index contributed by atoms with van der Waals surface area (Å²) in [6.07, 6.45) is 0.991. The van der Waals surface area contributed by atoms with E-state index in [0.29, 0.717) is 17.9 Å². The summed E-state index contributed by atoms with van der Waals surface area (Å²) >= 11 is 0. The van der Waals surface area contributed by atoms with Crippen molar-refractivity contribution in [1.82, 2.24) is 15.5 Å². The van der Waals surface area contributed by atoms with E-state index < -0.39 is 0 Å². The van der Waals surface area contributed by atoms with Gasteiger partial charge < -0.3 is 15.5 Å². The van der Waals surface area contributed by atoms with Crippen LogP contribution in [0.3, 0.4) is 0 Å². The van der Waals surface area contributed by atoms with Crippen molar-refractivity contribution >= 4 is 35.8 Å². The highest BCUT2D eigenvalue weighted by Crippen LogP contribution is 2.18. The molecule has 0 fully saturated rings. The number of likely N-dealkylation sites (N-methyl/N-ethyl adjacent to an activating group) is 1. The molecule has 5 nitrogen and oxygen atoms in total. The van der Waals surface area contributed by atoms with Crippen LogP contribution in [-0.2, 0) is 4.79 Å². The summed E-state index contributed by atoms with van der Waals surface area (Å²) in [5, 5.41) is 6.81. The van der Waals surface area contributed by atoms with Crippen LogP contribution in [0.1, 0.15) is 45.6 Å². The Kier molecular flexibility index (Phi) is 11.5. The molecule has 0 radical (unpaired) electrons. The van der Waals surface area contributed by atoms with Gasteiger partial charge in [-0.2, -0.15) is 0 Å². The SMILES string of the molecule is CCC(C)NC(=NCC(=O)N(C)C)NC(C)C(C)c1ccccc1.I. The molecular formula is C19H33IN4O. The van der Waals surface area contributed by atoms with E-state index in [1.165, 1.54) is 5.56 Å². The van der Waals surface area contributed by atoms with Crippen LogP contribution < -0.4 is 10.6 Å². The maximum atomic E-state index is 11.8. The molecule has 0 aliphatic heterocycles. The summed E-state index contributed by atoms with van der Waals surface area (Å²) in [5.74, 6) is 1.01. The Morgan fingerprint density at radius 1 is 1.12 bits per heavy atom. The highest BCUT2D eigenvalue weighted by Gasteiger charge is 2.16. The zero-order chi connectivity index (χ0) is 18.1. The van der Waals surface area contributed by atoms with Crippen LogP contribution in [0.2, 0.25) is 0 Å². The van der Waals surface area contributed by atoms with Crippen LogP contribution in [0.25, 0.3) is 0 Å². The number of nitrogens with one attached hydrogen (secondary N) is 2. The van der Waals surface area contributed by atoms with Gasteiger partial charge in [-0.15, -0.1) is 24.0 Å². The molecule has 0 aliphatic rings. The van der Waals surface area contributed by atoms with E-state index in [-0.39, 0.29) is 42.5 Å². The number of hydrogen-bond acceptors (Lipinski definition) is 2. The van der Waals surface area contributed by atoms with Gasteiger partial charge in [-0.3, -0.25) is 4.79 Å². The van der Waals surface area contributed by atoms with Crippen molar-refractivity contribution in [3.63, 3.8) is 0 Å². The van der Waals surface area contributed by atoms with E-state index >= 15 is 0 Å². The maximum absolute atomic E-state index is 11.8. The summed E-state index contributed by atoms with van der Waals surface area (Å²) < 4.78 is 0. The second-order valence-electron chi connectivity index (χ2n) is 6.54. The first-order valence-corrected chi connectivity index (χ1v) is 8.67. The Hall–Kier alpha value is -1.31. The molecule has 0 saturated heterocycles. The molecular weight excluding hydrogens is 427 g/mol. The standard InChI is InChI=1S/C19H32N4O.HI/c1-7-14(2)21-19(20-13-18(24)23(5)6)22-16(4)15(3)17-11-9-8-10-12-17;/h8-12,14-16H,7,13H2,1-6H3,(H2,20,21,22);1H. The zero-order valence-corrected chi connectivity index (χ0v) is 18.6. The fourth-order valence-electron chi connectivity index (χ4n) is 2.14. The first-order valence-electron chi connectivity index (χ1n) is 8.67. The number of nitrogens with zero attached hydrogens (tertiary/aromatic N) is 2. The molecule has 1 amide bonds. The van der Waals surface area contributed by atoms with E-state index in [2.05, 4.69) is 67.6 Å². The summed E-state index contributed by atoms with van der Waals surface area (Å²) in [6, 6.07) is 10.9. The second-order valence-corrected chi connectivity index (χ2v) is 6.54. The Balaban J connectivity index is 0.00000576. The molecule has 2 N–H and O–H groups in total. The average Bonchev–Trinajstić information content (AvgIpc) is 2.58. The maximum Gasteiger partial charge on any atom is 0.243 e. The third kappa shape index (κ3) is 8.56. The van der Waals surface area contributed by atoms with E-state index in [0.717, 1.165) is 6.42 Å². The van der Waals surface area contributed by atoms with Crippen molar-refractivity contribution in [2.75, 3.05) is 20.6 Å². The monoisotopic (exact) mass is 460 g/mol. The molecule has 1 aromatic carbocycles. The first-order chi connectivity index (χ1) is 11.3. The van der Waals surface area contributed by atoms with Gasteiger partial charge in [-0.25, -0.2) is 4.99 Å². The summed E-state index contributed by atoms with van der Waals surface area (Å²) in [7, 11) is 3.49. The topological polar surface area (TPSA) is 56.7 Å². The molecule has 0 saturated carbocycles. The number of hydrogen-bond donors (Lipinski definition) is 2. The quantitative estimate of drug-likeness (QED) is 0.373. The van der Waals surface area contributed by atoms with E-state index in [1.54, 1.807) is 19.0 Å². The van der Waals surface area contributed by atoms with Crippen LogP contribution in [0.4, 0.5) is 0 Å². The van der Waals surface area contributed by atoms with Crippen molar-refractivity contribution < 1.29 is 4.79 Å². The van der Waals surface area contributed by atoms with Gasteiger partial charge >= 0.3 is 0 Å². The Bertz CT molecular complexity index is 533. The molecule has 1 rings (SSSR count). The number of amides is 1. The van der Waals surface area contributed by atoms with E-state index in [4.69, 9.17) is 0 Å². The Labute approximate surface area is 169 Å². The van der Waals surface area contributed by atoms with E-state index in [9.17, 15) is 4.79 Å². The van der Waals surface area contributed by atoms with Gasteiger partial charge in [0.25, 0.3) is 0 Å². The fraction of sp³-hybridized carbons (Fsp3) is 0.579. The molecule has 0 aliphatic carbocycles. The lowest BCUT2D eigenvalue weighted by Gasteiger charge is -2.25. The molecule has 3 unspecified atom stereocenters.